The van der Waals surface area contributed by atoms with Crippen molar-refractivity contribution >= 4 is 23.8 Å². The lowest BCUT2D eigenvalue weighted by Gasteiger charge is -2.30. The SMILES string of the molecule is CN(c1ccc(C(F)(F)F)cc1)c1ccc2c(c1)CN(CC1CC1)CC2.Cl. The van der Waals surface area contributed by atoms with Gasteiger partial charge >= 0.3 is 6.18 Å². The molecular weight excluding hydrogens is 373 g/mol. The molecule has 2 aromatic carbocycles. The van der Waals surface area contributed by atoms with Gasteiger partial charge in [-0.25, -0.2) is 0 Å². The highest BCUT2D eigenvalue weighted by Crippen LogP contribution is 2.34. The number of hydrogen-bond acceptors (Lipinski definition) is 2. The lowest BCUT2D eigenvalue weighted by molar-refractivity contribution is -0.137. The molecule has 27 heavy (non-hydrogen) atoms. The number of fused-ring (bicyclic) bond motifs is 1. The van der Waals surface area contributed by atoms with E-state index in [1.54, 1.807) is 0 Å². The van der Waals surface area contributed by atoms with E-state index in [2.05, 4.69) is 23.1 Å². The molecule has 6 heteroatoms. The second-order valence-corrected chi connectivity index (χ2v) is 7.49. The monoisotopic (exact) mass is 396 g/mol. The van der Waals surface area contributed by atoms with Crippen molar-refractivity contribution in [3.8, 4) is 0 Å². The van der Waals surface area contributed by atoms with Gasteiger partial charge in [0.05, 0.1) is 5.56 Å². The second-order valence-electron chi connectivity index (χ2n) is 7.49. The molecule has 0 radical (unpaired) electrons. The molecule has 2 aliphatic rings. The first-order valence-electron chi connectivity index (χ1n) is 9.15. The minimum atomic E-state index is -4.30. The molecular formula is C21H24ClF3N2. The van der Waals surface area contributed by atoms with Crippen molar-refractivity contribution in [3.05, 3.63) is 59.2 Å². The third-order valence-electron chi connectivity index (χ3n) is 5.46. The molecule has 1 fully saturated rings. The van der Waals surface area contributed by atoms with Crippen LogP contribution in [0.2, 0.25) is 0 Å². The third kappa shape index (κ3) is 4.58. The first-order chi connectivity index (χ1) is 12.4. The van der Waals surface area contributed by atoms with E-state index in [1.807, 2.05) is 11.9 Å². The molecule has 1 aliphatic heterocycles. The summed E-state index contributed by atoms with van der Waals surface area (Å²) >= 11 is 0. The molecule has 0 unspecified atom stereocenters. The third-order valence-corrected chi connectivity index (χ3v) is 5.46. The lowest BCUT2D eigenvalue weighted by atomic mass is 9.98. The summed E-state index contributed by atoms with van der Waals surface area (Å²) in [6.45, 7) is 3.29. The normalized spacial score (nSPS) is 17.2. The highest BCUT2D eigenvalue weighted by molar-refractivity contribution is 5.85. The minimum absolute atomic E-state index is 0. The number of benzene rings is 2. The Morgan fingerprint density at radius 2 is 1.67 bits per heavy atom. The average molecular weight is 397 g/mol. The molecule has 4 rings (SSSR count). The van der Waals surface area contributed by atoms with Crippen molar-refractivity contribution in [2.75, 3.05) is 25.0 Å². The van der Waals surface area contributed by atoms with E-state index in [4.69, 9.17) is 0 Å². The van der Waals surface area contributed by atoms with Crippen LogP contribution < -0.4 is 4.90 Å². The first kappa shape index (κ1) is 20.0. The summed E-state index contributed by atoms with van der Waals surface area (Å²) in [7, 11) is 1.90. The number of nitrogens with zero attached hydrogens (tertiary/aromatic N) is 2. The summed E-state index contributed by atoms with van der Waals surface area (Å²) in [4.78, 5) is 4.47. The van der Waals surface area contributed by atoms with Gasteiger partial charge in [-0.1, -0.05) is 6.07 Å². The van der Waals surface area contributed by atoms with Crippen molar-refractivity contribution in [1.82, 2.24) is 4.90 Å². The molecule has 1 saturated carbocycles. The summed E-state index contributed by atoms with van der Waals surface area (Å²) in [5.41, 5.74) is 3.88. The van der Waals surface area contributed by atoms with Crippen LogP contribution in [0.1, 0.15) is 29.5 Å². The Hall–Kier alpha value is -1.72. The fourth-order valence-corrected chi connectivity index (χ4v) is 3.66. The van der Waals surface area contributed by atoms with Crippen LogP contribution in [0.4, 0.5) is 24.5 Å². The second kappa shape index (κ2) is 7.72. The zero-order valence-corrected chi connectivity index (χ0v) is 16.1. The topological polar surface area (TPSA) is 6.48 Å². The van der Waals surface area contributed by atoms with Crippen LogP contribution in [0.5, 0.6) is 0 Å². The lowest BCUT2D eigenvalue weighted by Crippen LogP contribution is -2.32. The summed E-state index contributed by atoms with van der Waals surface area (Å²) in [6.07, 6.45) is -0.500. The molecule has 2 nitrogen and oxygen atoms in total. The Balaban J connectivity index is 0.00000210. The Kier molecular flexibility index (Phi) is 5.73. The number of halogens is 4. The van der Waals surface area contributed by atoms with Crippen LogP contribution in [0.25, 0.3) is 0 Å². The highest BCUT2D eigenvalue weighted by atomic mass is 35.5. The number of rotatable bonds is 4. The molecule has 0 amide bonds. The fraction of sp³-hybridized carbons (Fsp3) is 0.429. The van der Waals surface area contributed by atoms with Crippen LogP contribution in [0.15, 0.2) is 42.5 Å². The van der Waals surface area contributed by atoms with E-state index in [1.165, 1.54) is 42.6 Å². The molecule has 0 aromatic heterocycles. The quantitative estimate of drug-likeness (QED) is 0.657. The zero-order valence-electron chi connectivity index (χ0n) is 15.3. The molecule has 0 atom stereocenters. The maximum atomic E-state index is 12.7. The minimum Gasteiger partial charge on any atom is -0.345 e. The van der Waals surface area contributed by atoms with Gasteiger partial charge in [0, 0.05) is 38.1 Å². The van der Waals surface area contributed by atoms with Crippen LogP contribution in [0.3, 0.4) is 0 Å². The van der Waals surface area contributed by atoms with Crippen LogP contribution in [-0.2, 0) is 19.1 Å². The van der Waals surface area contributed by atoms with Gasteiger partial charge in [-0.2, -0.15) is 13.2 Å². The zero-order chi connectivity index (χ0) is 18.3. The largest absolute Gasteiger partial charge is 0.416 e. The fourth-order valence-electron chi connectivity index (χ4n) is 3.66. The van der Waals surface area contributed by atoms with Gasteiger partial charge in [0.2, 0.25) is 0 Å². The maximum Gasteiger partial charge on any atom is 0.416 e. The molecule has 1 heterocycles. The van der Waals surface area contributed by atoms with Crippen molar-refractivity contribution in [2.45, 2.75) is 32.0 Å². The van der Waals surface area contributed by atoms with Gasteiger partial charge < -0.3 is 4.90 Å². The van der Waals surface area contributed by atoms with Gasteiger partial charge in [0.15, 0.2) is 0 Å². The van der Waals surface area contributed by atoms with E-state index in [9.17, 15) is 13.2 Å². The Bertz CT molecular complexity index is 785. The molecule has 0 bridgehead atoms. The molecule has 2 aromatic rings. The summed E-state index contributed by atoms with van der Waals surface area (Å²) in [6, 6.07) is 11.8. The Morgan fingerprint density at radius 3 is 2.30 bits per heavy atom. The Labute approximate surface area is 164 Å². The highest BCUT2D eigenvalue weighted by Gasteiger charge is 2.30. The maximum absolute atomic E-state index is 12.7. The smallest absolute Gasteiger partial charge is 0.345 e. The predicted octanol–water partition coefficient (Wildman–Crippen LogP) is 5.66. The van der Waals surface area contributed by atoms with Crippen molar-refractivity contribution in [2.24, 2.45) is 5.92 Å². The van der Waals surface area contributed by atoms with Crippen molar-refractivity contribution < 1.29 is 13.2 Å². The number of hydrogen-bond donors (Lipinski definition) is 0. The van der Waals surface area contributed by atoms with Gasteiger partial charge in [0.1, 0.15) is 0 Å². The van der Waals surface area contributed by atoms with Crippen molar-refractivity contribution in [1.29, 1.82) is 0 Å². The van der Waals surface area contributed by atoms with Gasteiger partial charge in [-0.15, -0.1) is 12.4 Å². The summed E-state index contributed by atoms with van der Waals surface area (Å²) in [5, 5.41) is 0. The van der Waals surface area contributed by atoms with E-state index < -0.39 is 11.7 Å². The van der Waals surface area contributed by atoms with Gasteiger partial charge in [0.25, 0.3) is 0 Å². The Morgan fingerprint density at radius 1 is 1.00 bits per heavy atom. The molecule has 0 N–H and O–H groups in total. The van der Waals surface area contributed by atoms with E-state index >= 15 is 0 Å². The summed E-state index contributed by atoms with van der Waals surface area (Å²) < 4.78 is 38.2. The molecule has 1 aliphatic carbocycles. The molecule has 0 saturated heterocycles. The van der Waals surface area contributed by atoms with Crippen molar-refractivity contribution in [3.63, 3.8) is 0 Å². The van der Waals surface area contributed by atoms with Crippen LogP contribution in [-0.4, -0.2) is 25.0 Å². The van der Waals surface area contributed by atoms with E-state index in [0.29, 0.717) is 0 Å². The standard InChI is InChI=1S/C21H23F3N2.ClH/c1-25(19-8-5-18(6-9-19)21(22,23)24)20-7-4-16-10-11-26(13-15-2-3-15)14-17(16)12-20;/h4-9,12,15H,2-3,10-11,13-14H2,1H3;1H. The van der Waals surface area contributed by atoms with Gasteiger partial charge in [-0.05, 0) is 72.7 Å². The van der Waals surface area contributed by atoms with Crippen LogP contribution >= 0.6 is 12.4 Å². The molecule has 146 valence electrons. The van der Waals surface area contributed by atoms with E-state index in [-0.39, 0.29) is 12.4 Å². The molecule has 0 spiro atoms. The first-order valence-corrected chi connectivity index (χ1v) is 9.15. The van der Waals surface area contributed by atoms with Crippen LogP contribution in [0, 0.1) is 5.92 Å². The van der Waals surface area contributed by atoms with Gasteiger partial charge in [-0.3, -0.25) is 4.90 Å². The van der Waals surface area contributed by atoms with E-state index in [0.717, 1.165) is 48.9 Å². The summed E-state index contributed by atoms with van der Waals surface area (Å²) in [5.74, 6) is 0.884. The number of anilines is 2. The average Bonchev–Trinajstić information content (AvgIpc) is 3.44. The number of alkyl halides is 3. The predicted molar refractivity (Wildman–Crippen MR) is 105 cm³/mol.